The second-order valence-electron chi connectivity index (χ2n) is 14.7. The maximum atomic E-state index is 14.0. The highest BCUT2D eigenvalue weighted by Crippen LogP contribution is 2.44. The standard InChI is InChI=1S/C38H55N3O7/c1-12-24(4)33(30(46-11)21-31(42)48-37(5,6)7)41(10)34(43)32(23(2)3)39-35(44)38(8,9)40-36(45)47-22-29-27-19-15-13-17-25(27)26-18-14-16-20-28(26)29/h13-20,23-24,29-30,32-33H,12,21-22H2,1-11H3,(H,39,44)(H,40,45)/t24-,30+,32-,33-/m0/s1. The van der Waals surface area contributed by atoms with Crippen molar-refractivity contribution in [3.05, 3.63) is 59.7 Å². The summed E-state index contributed by atoms with van der Waals surface area (Å²) in [4.78, 5) is 55.0. The predicted octanol–water partition coefficient (Wildman–Crippen LogP) is 6.06. The fourth-order valence-electron chi connectivity index (χ4n) is 6.28. The van der Waals surface area contributed by atoms with E-state index in [2.05, 4.69) is 22.8 Å². The van der Waals surface area contributed by atoms with Crippen LogP contribution in [-0.2, 0) is 28.6 Å². The third-order valence-corrected chi connectivity index (χ3v) is 9.04. The van der Waals surface area contributed by atoms with Crippen LogP contribution in [0.2, 0.25) is 0 Å². The summed E-state index contributed by atoms with van der Waals surface area (Å²) in [5, 5.41) is 5.56. The molecule has 2 aromatic carbocycles. The van der Waals surface area contributed by atoms with E-state index < -0.39 is 47.3 Å². The van der Waals surface area contributed by atoms with Crippen molar-refractivity contribution in [2.45, 2.75) is 110 Å². The minimum Gasteiger partial charge on any atom is -0.460 e. The van der Waals surface area contributed by atoms with Gasteiger partial charge >= 0.3 is 12.1 Å². The molecule has 0 radical (unpaired) electrons. The second kappa shape index (κ2) is 16.0. The largest absolute Gasteiger partial charge is 0.460 e. The van der Waals surface area contributed by atoms with E-state index in [-0.39, 0.29) is 36.7 Å². The first kappa shape index (κ1) is 38.5. The summed E-state index contributed by atoms with van der Waals surface area (Å²) in [7, 11) is 3.18. The maximum absolute atomic E-state index is 14.0. The SMILES string of the molecule is CC[C@H](C)[C@@H]([C@@H](CC(=O)OC(C)(C)C)OC)N(C)C(=O)[C@@H](NC(=O)C(C)(C)NC(=O)OCC1c2ccccc2-c2ccccc21)C(C)C. The van der Waals surface area contributed by atoms with Gasteiger partial charge in [0.15, 0.2) is 0 Å². The Labute approximate surface area is 286 Å². The van der Waals surface area contributed by atoms with Crippen LogP contribution in [0.3, 0.4) is 0 Å². The first-order valence-corrected chi connectivity index (χ1v) is 16.9. The smallest absolute Gasteiger partial charge is 0.408 e. The van der Waals surface area contributed by atoms with Crippen molar-refractivity contribution >= 4 is 23.9 Å². The highest BCUT2D eigenvalue weighted by atomic mass is 16.6. The van der Waals surface area contributed by atoms with Gasteiger partial charge in [0, 0.05) is 20.1 Å². The van der Waals surface area contributed by atoms with Crippen molar-refractivity contribution in [2.24, 2.45) is 11.8 Å². The molecule has 4 atom stereocenters. The molecule has 0 saturated heterocycles. The summed E-state index contributed by atoms with van der Waals surface area (Å²) >= 11 is 0. The minimum atomic E-state index is -1.39. The lowest BCUT2D eigenvalue weighted by Gasteiger charge is -2.40. The zero-order valence-corrected chi connectivity index (χ0v) is 30.5. The number of amides is 3. The van der Waals surface area contributed by atoms with Crippen LogP contribution in [-0.4, -0.2) is 78.9 Å². The van der Waals surface area contributed by atoms with Crippen LogP contribution in [0, 0.1) is 11.8 Å². The first-order valence-electron chi connectivity index (χ1n) is 16.9. The van der Waals surface area contributed by atoms with Gasteiger partial charge in [-0.3, -0.25) is 14.4 Å². The number of methoxy groups -OCH3 is 1. The van der Waals surface area contributed by atoms with Gasteiger partial charge in [0.25, 0.3) is 0 Å². The van der Waals surface area contributed by atoms with Crippen molar-refractivity contribution in [2.75, 3.05) is 20.8 Å². The van der Waals surface area contributed by atoms with Crippen LogP contribution in [0.1, 0.15) is 92.2 Å². The van der Waals surface area contributed by atoms with Crippen molar-refractivity contribution in [3.8, 4) is 11.1 Å². The molecule has 10 nitrogen and oxygen atoms in total. The van der Waals surface area contributed by atoms with Crippen LogP contribution < -0.4 is 10.6 Å². The van der Waals surface area contributed by atoms with Crippen LogP contribution in [0.5, 0.6) is 0 Å². The van der Waals surface area contributed by atoms with E-state index in [0.29, 0.717) is 0 Å². The van der Waals surface area contributed by atoms with Gasteiger partial charge in [-0.2, -0.15) is 0 Å². The Kier molecular flexibility index (Phi) is 12.8. The molecule has 0 aromatic heterocycles. The van der Waals surface area contributed by atoms with E-state index in [9.17, 15) is 19.2 Å². The molecule has 1 aliphatic rings. The second-order valence-corrected chi connectivity index (χ2v) is 14.7. The molecule has 0 heterocycles. The molecular formula is C38H55N3O7. The number of benzene rings is 2. The van der Waals surface area contributed by atoms with Gasteiger partial charge in [-0.15, -0.1) is 0 Å². The number of fused-ring (bicyclic) bond motifs is 3. The lowest BCUT2D eigenvalue weighted by Crippen LogP contribution is -2.62. The van der Waals surface area contributed by atoms with Crippen molar-refractivity contribution in [1.82, 2.24) is 15.5 Å². The van der Waals surface area contributed by atoms with Gasteiger partial charge in [-0.25, -0.2) is 4.79 Å². The lowest BCUT2D eigenvalue weighted by molar-refractivity contribution is -0.161. The van der Waals surface area contributed by atoms with Crippen LogP contribution in [0.15, 0.2) is 48.5 Å². The molecule has 2 aromatic rings. The summed E-state index contributed by atoms with van der Waals surface area (Å²) in [5.74, 6) is -1.71. The topological polar surface area (TPSA) is 123 Å². The lowest BCUT2D eigenvalue weighted by atomic mass is 9.90. The molecule has 0 fully saturated rings. The highest BCUT2D eigenvalue weighted by molar-refractivity contribution is 5.93. The quantitative estimate of drug-likeness (QED) is 0.235. The van der Waals surface area contributed by atoms with Gasteiger partial charge in [0.2, 0.25) is 11.8 Å². The van der Waals surface area contributed by atoms with E-state index in [0.717, 1.165) is 28.7 Å². The van der Waals surface area contributed by atoms with Gasteiger partial charge < -0.3 is 29.7 Å². The number of likely N-dealkylation sites (N-methyl/N-ethyl adjacent to an activating group) is 1. The Morgan fingerprint density at radius 3 is 1.92 bits per heavy atom. The molecule has 3 amide bonds. The molecule has 2 N–H and O–H groups in total. The average Bonchev–Trinajstić information content (AvgIpc) is 3.33. The van der Waals surface area contributed by atoms with Gasteiger partial charge in [0.05, 0.1) is 18.6 Å². The Bertz CT molecular complexity index is 1400. The Morgan fingerprint density at radius 2 is 1.44 bits per heavy atom. The third-order valence-electron chi connectivity index (χ3n) is 9.04. The number of rotatable bonds is 14. The molecule has 0 unspecified atom stereocenters. The number of alkyl carbamates (subject to hydrolysis) is 1. The van der Waals surface area contributed by atoms with Crippen molar-refractivity contribution < 1.29 is 33.4 Å². The first-order chi connectivity index (χ1) is 22.4. The summed E-state index contributed by atoms with van der Waals surface area (Å²) in [5.41, 5.74) is 2.36. The van der Waals surface area contributed by atoms with Crippen LogP contribution in [0.4, 0.5) is 4.79 Å². The molecule has 0 aliphatic heterocycles. The van der Waals surface area contributed by atoms with Gasteiger partial charge in [-0.1, -0.05) is 82.6 Å². The van der Waals surface area contributed by atoms with E-state index >= 15 is 0 Å². The fourth-order valence-corrected chi connectivity index (χ4v) is 6.28. The number of esters is 1. The summed E-state index contributed by atoms with van der Waals surface area (Å²) in [6.45, 7) is 16.3. The van der Waals surface area contributed by atoms with Crippen LogP contribution >= 0.6 is 0 Å². The molecule has 0 bridgehead atoms. The number of nitrogens with one attached hydrogen (secondary N) is 2. The molecular weight excluding hydrogens is 610 g/mol. The third kappa shape index (κ3) is 9.36. The predicted molar refractivity (Wildman–Crippen MR) is 186 cm³/mol. The zero-order valence-electron chi connectivity index (χ0n) is 30.5. The van der Waals surface area contributed by atoms with Crippen molar-refractivity contribution in [3.63, 3.8) is 0 Å². The summed E-state index contributed by atoms with van der Waals surface area (Å²) < 4.78 is 17.0. The van der Waals surface area contributed by atoms with E-state index in [1.165, 1.54) is 7.11 Å². The fraction of sp³-hybridized carbons (Fsp3) is 0.579. The Morgan fingerprint density at radius 1 is 0.896 bits per heavy atom. The van der Waals surface area contributed by atoms with E-state index in [1.807, 2.05) is 64.1 Å². The summed E-state index contributed by atoms with van der Waals surface area (Å²) in [6.07, 6.45) is -0.662. The number of hydrogen-bond donors (Lipinski definition) is 2. The summed E-state index contributed by atoms with van der Waals surface area (Å²) in [6, 6.07) is 14.7. The number of carbonyl (C=O) groups excluding carboxylic acids is 4. The number of carbonyl (C=O) groups is 4. The average molecular weight is 666 g/mol. The Hall–Kier alpha value is -3.92. The van der Waals surface area contributed by atoms with Crippen molar-refractivity contribution in [1.29, 1.82) is 0 Å². The number of hydrogen-bond acceptors (Lipinski definition) is 7. The minimum absolute atomic E-state index is 0.0264. The highest BCUT2D eigenvalue weighted by Gasteiger charge is 2.40. The maximum Gasteiger partial charge on any atom is 0.408 e. The number of nitrogens with zero attached hydrogens (tertiary/aromatic N) is 1. The molecule has 0 spiro atoms. The molecule has 1 aliphatic carbocycles. The van der Waals surface area contributed by atoms with E-state index in [4.69, 9.17) is 14.2 Å². The van der Waals surface area contributed by atoms with E-state index in [1.54, 1.807) is 46.6 Å². The molecule has 0 saturated carbocycles. The molecule has 264 valence electrons. The van der Waals surface area contributed by atoms with Gasteiger partial charge in [-0.05, 0) is 68.7 Å². The van der Waals surface area contributed by atoms with Crippen LogP contribution in [0.25, 0.3) is 11.1 Å². The van der Waals surface area contributed by atoms with Gasteiger partial charge in [0.1, 0.15) is 23.8 Å². The Balaban J connectivity index is 1.69. The monoisotopic (exact) mass is 665 g/mol. The molecule has 3 rings (SSSR count). The normalized spacial score (nSPS) is 15.4. The molecule has 48 heavy (non-hydrogen) atoms. The zero-order chi connectivity index (χ0) is 36.0. The number of ether oxygens (including phenoxy) is 3. The molecule has 10 heteroatoms.